The third-order valence-electron chi connectivity index (χ3n) is 8.25. The van der Waals surface area contributed by atoms with Crippen molar-refractivity contribution in [1.29, 1.82) is 0 Å². The van der Waals surface area contributed by atoms with E-state index in [1.165, 1.54) is 0 Å². The fraction of sp³-hybridized carbons (Fsp3) is 0.333. The minimum absolute atomic E-state index is 0.0597. The van der Waals surface area contributed by atoms with Crippen LogP contribution in [0.15, 0.2) is 66.7 Å². The SMILES string of the molecule is Cc1ccc(-n2nc(C(C)(C)C)cc2NC(=O)Nc2ccc(CC3CCC(=O)N(c4c(C)cc(C(=O)O)cc4C)C3)cc2)cc1. The Balaban J connectivity index is 1.24. The van der Waals surface area contributed by atoms with E-state index in [-0.39, 0.29) is 28.8 Å². The van der Waals surface area contributed by atoms with Gasteiger partial charge in [0, 0.05) is 35.8 Å². The lowest BCUT2D eigenvalue weighted by Crippen LogP contribution is -2.41. The van der Waals surface area contributed by atoms with Gasteiger partial charge in [-0.3, -0.25) is 10.1 Å². The number of rotatable bonds is 7. The van der Waals surface area contributed by atoms with Crippen LogP contribution in [0.2, 0.25) is 0 Å². The number of hydrogen-bond acceptors (Lipinski definition) is 4. The zero-order valence-corrected chi connectivity index (χ0v) is 26.8. The minimum Gasteiger partial charge on any atom is -0.478 e. The molecule has 9 heteroatoms. The van der Waals surface area contributed by atoms with Crippen molar-refractivity contribution in [3.05, 3.63) is 100 Å². The van der Waals surface area contributed by atoms with Crippen molar-refractivity contribution in [2.75, 3.05) is 22.1 Å². The van der Waals surface area contributed by atoms with Crippen LogP contribution in [-0.2, 0) is 16.6 Å². The highest BCUT2D eigenvalue weighted by Gasteiger charge is 2.29. The number of hydrogen-bond donors (Lipinski definition) is 3. The Morgan fingerprint density at radius 1 is 0.933 bits per heavy atom. The molecule has 1 aliphatic heterocycles. The maximum absolute atomic E-state index is 13.1. The number of urea groups is 1. The standard InChI is InChI=1S/C36H41N5O4/c1-22-7-14-29(15-8-22)41-31(20-30(39-41)36(4,5)6)38-35(45)37-28-12-9-25(10-13-28)19-26-11-16-32(42)40(21-26)33-23(2)17-27(34(43)44)18-24(33)3/h7-10,12-15,17-18,20,26H,11,16,19,21H2,1-6H3,(H,43,44)(H2,37,38,45). The van der Waals surface area contributed by atoms with E-state index in [4.69, 9.17) is 5.10 Å². The molecule has 0 spiro atoms. The van der Waals surface area contributed by atoms with Crippen LogP contribution < -0.4 is 15.5 Å². The van der Waals surface area contributed by atoms with Crippen molar-refractivity contribution in [1.82, 2.24) is 9.78 Å². The molecule has 1 atom stereocenters. The summed E-state index contributed by atoms with van der Waals surface area (Å²) in [6.45, 7) is 12.6. The second-order valence-corrected chi connectivity index (χ2v) is 13.1. The number of aromatic carboxylic acids is 1. The molecule has 1 aliphatic rings. The molecule has 3 aromatic carbocycles. The second kappa shape index (κ2) is 12.6. The monoisotopic (exact) mass is 607 g/mol. The number of amides is 3. The predicted octanol–water partition coefficient (Wildman–Crippen LogP) is 7.42. The molecule has 1 fully saturated rings. The lowest BCUT2D eigenvalue weighted by molar-refractivity contribution is -0.120. The van der Waals surface area contributed by atoms with Gasteiger partial charge in [-0.25, -0.2) is 14.3 Å². The number of carbonyl (C=O) groups excluding carboxylic acids is 2. The molecule has 4 aromatic rings. The first-order chi connectivity index (χ1) is 21.3. The van der Waals surface area contributed by atoms with Gasteiger partial charge in [-0.2, -0.15) is 5.10 Å². The minimum atomic E-state index is -0.977. The van der Waals surface area contributed by atoms with Crippen LogP contribution >= 0.6 is 0 Å². The van der Waals surface area contributed by atoms with Crippen LogP contribution in [0.4, 0.5) is 22.0 Å². The molecule has 9 nitrogen and oxygen atoms in total. The average molecular weight is 608 g/mol. The highest BCUT2D eigenvalue weighted by Crippen LogP contribution is 2.33. The number of nitrogens with zero attached hydrogens (tertiary/aromatic N) is 3. The molecule has 3 amide bonds. The highest BCUT2D eigenvalue weighted by atomic mass is 16.4. The number of benzene rings is 3. The number of piperidine rings is 1. The number of nitrogens with one attached hydrogen (secondary N) is 2. The van der Waals surface area contributed by atoms with Gasteiger partial charge < -0.3 is 15.3 Å². The van der Waals surface area contributed by atoms with E-state index in [2.05, 4.69) is 31.4 Å². The summed E-state index contributed by atoms with van der Waals surface area (Å²) in [4.78, 5) is 39.3. The fourth-order valence-electron chi connectivity index (χ4n) is 5.86. The fourth-order valence-corrected chi connectivity index (χ4v) is 5.86. The van der Waals surface area contributed by atoms with E-state index >= 15 is 0 Å². The van der Waals surface area contributed by atoms with Crippen molar-refractivity contribution < 1.29 is 19.5 Å². The Morgan fingerprint density at radius 3 is 2.18 bits per heavy atom. The molecule has 5 rings (SSSR count). The van der Waals surface area contributed by atoms with Gasteiger partial charge in [-0.15, -0.1) is 0 Å². The Kier molecular flexibility index (Phi) is 8.82. The van der Waals surface area contributed by atoms with Gasteiger partial charge in [-0.05, 0) is 92.6 Å². The van der Waals surface area contributed by atoms with Gasteiger partial charge in [0.15, 0.2) is 0 Å². The molecule has 1 saturated heterocycles. The van der Waals surface area contributed by atoms with Crippen LogP contribution in [0.1, 0.15) is 71.9 Å². The summed E-state index contributed by atoms with van der Waals surface area (Å²) in [7, 11) is 0. The van der Waals surface area contributed by atoms with Crippen molar-refractivity contribution in [3.8, 4) is 5.69 Å². The summed E-state index contributed by atoms with van der Waals surface area (Å²) in [5.74, 6) is -0.0850. The Bertz CT molecular complexity index is 1710. The summed E-state index contributed by atoms with van der Waals surface area (Å²) in [5, 5.41) is 20.1. The summed E-state index contributed by atoms with van der Waals surface area (Å²) in [6.07, 6.45) is 2.02. The highest BCUT2D eigenvalue weighted by molar-refractivity contribution is 5.99. The van der Waals surface area contributed by atoms with Crippen molar-refractivity contribution >= 4 is 35.1 Å². The Labute approximate surface area is 264 Å². The molecule has 1 aromatic heterocycles. The largest absolute Gasteiger partial charge is 0.478 e. The van der Waals surface area contributed by atoms with Crippen molar-refractivity contribution in [2.45, 2.75) is 66.2 Å². The average Bonchev–Trinajstić information content (AvgIpc) is 3.40. The van der Waals surface area contributed by atoms with Crippen LogP contribution in [0.5, 0.6) is 0 Å². The zero-order chi connectivity index (χ0) is 32.5. The lowest BCUT2D eigenvalue weighted by Gasteiger charge is -2.34. The first kappa shape index (κ1) is 31.5. The summed E-state index contributed by atoms with van der Waals surface area (Å²) < 4.78 is 1.75. The van der Waals surface area contributed by atoms with Crippen molar-refractivity contribution in [2.24, 2.45) is 5.92 Å². The maximum Gasteiger partial charge on any atom is 0.335 e. The zero-order valence-electron chi connectivity index (χ0n) is 26.8. The van der Waals surface area contributed by atoms with E-state index in [1.54, 1.807) is 16.8 Å². The Morgan fingerprint density at radius 2 is 1.58 bits per heavy atom. The molecule has 2 heterocycles. The van der Waals surface area contributed by atoms with Crippen LogP contribution in [0.25, 0.3) is 5.69 Å². The first-order valence-corrected chi connectivity index (χ1v) is 15.3. The molecule has 3 N–H and O–H groups in total. The predicted molar refractivity (Wildman–Crippen MR) is 178 cm³/mol. The van der Waals surface area contributed by atoms with Crippen LogP contribution in [0.3, 0.4) is 0 Å². The van der Waals surface area contributed by atoms with Gasteiger partial charge >= 0.3 is 12.0 Å². The summed E-state index contributed by atoms with van der Waals surface area (Å²) in [5.41, 5.74) is 7.06. The number of carboxylic acid groups (broad SMARTS) is 1. The van der Waals surface area contributed by atoms with E-state index in [1.807, 2.05) is 80.3 Å². The molecule has 0 bridgehead atoms. The van der Waals surface area contributed by atoms with E-state index in [9.17, 15) is 19.5 Å². The Hall–Kier alpha value is -4.92. The topological polar surface area (TPSA) is 117 Å². The molecular formula is C36H41N5O4. The third-order valence-corrected chi connectivity index (χ3v) is 8.25. The molecule has 234 valence electrons. The van der Waals surface area contributed by atoms with Crippen molar-refractivity contribution in [3.63, 3.8) is 0 Å². The molecule has 45 heavy (non-hydrogen) atoms. The normalized spacial score (nSPS) is 15.2. The molecular weight excluding hydrogens is 566 g/mol. The van der Waals surface area contributed by atoms with E-state index in [0.717, 1.165) is 52.2 Å². The quantitative estimate of drug-likeness (QED) is 0.202. The van der Waals surface area contributed by atoms with Crippen LogP contribution in [-0.4, -0.2) is 39.3 Å². The number of carbonyl (C=O) groups is 3. The molecule has 1 unspecified atom stereocenters. The van der Waals surface area contributed by atoms with Gasteiger partial charge in [-0.1, -0.05) is 50.6 Å². The second-order valence-electron chi connectivity index (χ2n) is 13.1. The molecule has 0 radical (unpaired) electrons. The van der Waals surface area contributed by atoms with Gasteiger partial charge in [0.1, 0.15) is 5.82 Å². The number of carboxylic acids is 1. The number of aromatic nitrogens is 2. The van der Waals surface area contributed by atoms with E-state index in [0.29, 0.717) is 24.5 Å². The summed E-state index contributed by atoms with van der Waals surface area (Å²) >= 11 is 0. The number of aryl methyl sites for hydroxylation is 3. The molecule has 0 aliphatic carbocycles. The lowest BCUT2D eigenvalue weighted by atomic mass is 9.89. The van der Waals surface area contributed by atoms with Crippen LogP contribution in [0, 0.1) is 26.7 Å². The molecule has 0 saturated carbocycles. The summed E-state index contributed by atoms with van der Waals surface area (Å²) in [6, 6.07) is 20.6. The van der Waals surface area contributed by atoms with Gasteiger partial charge in [0.2, 0.25) is 5.91 Å². The first-order valence-electron chi connectivity index (χ1n) is 15.3. The maximum atomic E-state index is 13.1. The number of anilines is 3. The third kappa shape index (κ3) is 7.25. The van der Waals surface area contributed by atoms with E-state index < -0.39 is 5.97 Å². The smallest absolute Gasteiger partial charge is 0.335 e. The van der Waals surface area contributed by atoms with Gasteiger partial charge in [0.05, 0.1) is 16.9 Å². The van der Waals surface area contributed by atoms with Gasteiger partial charge in [0.25, 0.3) is 0 Å².